The monoisotopic (exact) mass is 366 g/mol. The Labute approximate surface area is 160 Å². The summed E-state index contributed by atoms with van der Waals surface area (Å²) in [5, 5.41) is 0. The molecule has 0 saturated carbocycles. The number of piperazine rings is 1. The molecular formula is C21H26N4O2. The lowest BCUT2D eigenvalue weighted by atomic mass is 10.1. The van der Waals surface area contributed by atoms with Gasteiger partial charge in [0.15, 0.2) is 0 Å². The summed E-state index contributed by atoms with van der Waals surface area (Å²) >= 11 is 0. The largest absolute Gasteiger partial charge is 0.339 e. The van der Waals surface area contributed by atoms with Crippen LogP contribution in [0.2, 0.25) is 0 Å². The summed E-state index contributed by atoms with van der Waals surface area (Å²) in [5.41, 5.74) is 2.92. The SMILES string of the molecule is Cc1cccc(CN2CCN(C(=O)CN(C)C(=O)c3ccccn3)CC2)c1. The molecule has 0 atom stereocenters. The number of aromatic nitrogens is 1. The van der Waals surface area contributed by atoms with Crippen LogP contribution in [-0.2, 0) is 11.3 Å². The normalized spacial score (nSPS) is 14.8. The quantitative estimate of drug-likeness (QED) is 0.810. The van der Waals surface area contributed by atoms with Crippen LogP contribution in [0.25, 0.3) is 0 Å². The van der Waals surface area contributed by atoms with Gasteiger partial charge in [0.05, 0.1) is 6.54 Å². The molecule has 0 radical (unpaired) electrons. The van der Waals surface area contributed by atoms with Crippen molar-refractivity contribution in [3.05, 3.63) is 65.5 Å². The fourth-order valence-electron chi connectivity index (χ4n) is 3.28. The highest BCUT2D eigenvalue weighted by Gasteiger charge is 2.24. The van der Waals surface area contributed by atoms with Gasteiger partial charge in [-0.25, -0.2) is 0 Å². The van der Waals surface area contributed by atoms with E-state index in [0.717, 1.165) is 19.6 Å². The zero-order valence-corrected chi connectivity index (χ0v) is 16.0. The Morgan fingerprint density at radius 2 is 1.85 bits per heavy atom. The average molecular weight is 366 g/mol. The third-order valence-corrected chi connectivity index (χ3v) is 4.82. The van der Waals surface area contributed by atoms with E-state index in [2.05, 4.69) is 41.1 Å². The molecule has 0 unspecified atom stereocenters. The Bertz CT molecular complexity index is 786. The van der Waals surface area contributed by atoms with Crippen molar-refractivity contribution in [3.63, 3.8) is 0 Å². The van der Waals surface area contributed by atoms with Gasteiger partial charge in [0.2, 0.25) is 5.91 Å². The summed E-state index contributed by atoms with van der Waals surface area (Å²) < 4.78 is 0. The van der Waals surface area contributed by atoms with E-state index < -0.39 is 0 Å². The van der Waals surface area contributed by atoms with Crippen molar-refractivity contribution in [3.8, 4) is 0 Å². The van der Waals surface area contributed by atoms with Gasteiger partial charge in [-0.1, -0.05) is 35.9 Å². The van der Waals surface area contributed by atoms with Gasteiger partial charge in [-0.3, -0.25) is 19.5 Å². The lowest BCUT2D eigenvalue weighted by Gasteiger charge is -2.35. The van der Waals surface area contributed by atoms with Crippen LogP contribution in [0.3, 0.4) is 0 Å². The third kappa shape index (κ3) is 5.14. The molecule has 2 amide bonds. The smallest absolute Gasteiger partial charge is 0.272 e. The first-order valence-corrected chi connectivity index (χ1v) is 9.25. The molecular weight excluding hydrogens is 340 g/mol. The molecule has 1 aromatic heterocycles. The molecule has 27 heavy (non-hydrogen) atoms. The second-order valence-electron chi connectivity index (χ2n) is 7.02. The Morgan fingerprint density at radius 3 is 2.52 bits per heavy atom. The van der Waals surface area contributed by atoms with Crippen LogP contribution < -0.4 is 0 Å². The first-order valence-electron chi connectivity index (χ1n) is 9.25. The molecule has 2 heterocycles. The van der Waals surface area contributed by atoms with E-state index in [1.165, 1.54) is 16.0 Å². The van der Waals surface area contributed by atoms with Gasteiger partial charge in [-0.05, 0) is 24.6 Å². The summed E-state index contributed by atoms with van der Waals surface area (Å²) in [7, 11) is 1.64. The van der Waals surface area contributed by atoms with Crippen molar-refractivity contribution in [1.82, 2.24) is 19.7 Å². The van der Waals surface area contributed by atoms with E-state index in [0.29, 0.717) is 18.8 Å². The van der Waals surface area contributed by atoms with Crippen LogP contribution in [0.1, 0.15) is 21.6 Å². The molecule has 6 nitrogen and oxygen atoms in total. The second-order valence-corrected chi connectivity index (χ2v) is 7.02. The predicted molar refractivity (Wildman–Crippen MR) is 104 cm³/mol. The van der Waals surface area contributed by atoms with Crippen molar-refractivity contribution < 1.29 is 9.59 Å². The molecule has 1 fully saturated rings. The number of carbonyl (C=O) groups is 2. The van der Waals surface area contributed by atoms with Crippen molar-refractivity contribution in [2.45, 2.75) is 13.5 Å². The Balaban J connectivity index is 1.47. The fourth-order valence-corrected chi connectivity index (χ4v) is 3.28. The van der Waals surface area contributed by atoms with Gasteiger partial charge in [0.25, 0.3) is 5.91 Å². The minimum atomic E-state index is -0.234. The molecule has 1 aromatic carbocycles. The number of rotatable bonds is 5. The molecule has 1 saturated heterocycles. The maximum absolute atomic E-state index is 12.5. The summed E-state index contributed by atoms with van der Waals surface area (Å²) in [4.78, 5) is 34.6. The highest BCUT2D eigenvalue weighted by atomic mass is 16.2. The van der Waals surface area contributed by atoms with Crippen LogP contribution in [0.15, 0.2) is 48.7 Å². The maximum atomic E-state index is 12.5. The Hall–Kier alpha value is -2.73. The first kappa shape index (κ1) is 19.0. The minimum absolute atomic E-state index is 0.0167. The Morgan fingerprint density at radius 1 is 1.07 bits per heavy atom. The molecule has 1 aliphatic heterocycles. The zero-order chi connectivity index (χ0) is 19.2. The van der Waals surface area contributed by atoms with Crippen LogP contribution in [0.4, 0.5) is 0 Å². The molecule has 1 aliphatic rings. The molecule has 0 bridgehead atoms. The van der Waals surface area contributed by atoms with Crippen molar-refractivity contribution in [2.24, 2.45) is 0 Å². The van der Waals surface area contributed by atoms with Gasteiger partial charge in [0.1, 0.15) is 5.69 Å². The van der Waals surface area contributed by atoms with Gasteiger partial charge < -0.3 is 9.80 Å². The van der Waals surface area contributed by atoms with Gasteiger partial charge in [-0.2, -0.15) is 0 Å². The number of nitrogens with zero attached hydrogens (tertiary/aromatic N) is 4. The number of hydrogen-bond donors (Lipinski definition) is 0. The molecule has 6 heteroatoms. The highest BCUT2D eigenvalue weighted by Crippen LogP contribution is 2.11. The van der Waals surface area contributed by atoms with Gasteiger partial charge in [-0.15, -0.1) is 0 Å². The first-order chi connectivity index (χ1) is 13.0. The average Bonchev–Trinajstić information content (AvgIpc) is 2.68. The molecule has 142 valence electrons. The third-order valence-electron chi connectivity index (χ3n) is 4.82. The van der Waals surface area contributed by atoms with Crippen molar-refractivity contribution >= 4 is 11.8 Å². The van der Waals surface area contributed by atoms with E-state index >= 15 is 0 Å². The summed E-state index contributed by atoms with van der Waals surface area (Å²) in [6.45, 7) is 6.15. The van der Waals surface area contributed by atoms with Gasteiger partial charge in [0, 0.05) is 46.0 Å². The van der Waals surface area contributed by atoms with E-state index in [1.54, 1.807) is 31.4 Å². The lowest BCUT2D eigenvalue weighted by molar-refractivity contribution is -0.133. The molecule has 0 N–H and O–H groups in total. The van der Waals surface area contributed by atoms with Crippen LogP contribution in [-0.4, -0.2) is 71.3 Å². The number of benzene rings is 1. The number of hydrogen-bond acceptors (Lipinski definition) is 4. The number of aryl methyl sites for hydroxylation is 1. The van der Waals surface area contributed by atoms with E-state index in [9.17, 15) is 9.59 Å². The highest BCUT2D eigenvalue weighted by molar-refractivity contribution is 5.94. The van der Waals surface area contributed by atoms with Gasteiger partial charge >= 0.3 is 0 Å². The number of amides is 2. The van der Waals surface area contributed by atoms with Crippen LogP contribution in [0, 0.1) is 6.92 Å². The second kappa shape index (κ2) is 8.77. The topological polar surface area (TPSA) is 56.8 Å². The van der Waals surface area contributed by atoms with Crippen LogP contribution >= 0.6 is 0 Å². The Kier molecular flexibility index (Phi) is 6.19. The maximum Gasteiger partial charge on any atom is 0.272 e. The number of likely N-dealkylation sites (N-methyl/N-ethyl adjacent to an activating group) is 1. The minimum Gasteiger partial charge on any atom is -0.339 e. The lowest BCUT2D eigenvalue weighted by Crippen LogP contribution is -2.51. The molecule has 0 aliphatic carbocycles. The molecule has 0 spiro atoms. The van der Waals surface area contributed by atoms with Crippen LogP contribution in [0.5, 0.6) is 0 Å². The molecule has 2 aromatic rings. The standard InChI is InChI=1S/C21H26N4O2/c1-17-6-5-7-18(14-17)15-24-10-12-25(13-11-24)20(26)16-23(2)21(27)19-8-3-4-9-22-19/h3-9,14H,10-13,15-16H2,1-2H3. The van der Waals surface area contributed by atoms with E-state index in [4.69, 9.17) is 0 Å². The van der Waals surface area contributed by atoms with E-state index in [1.807, 2.05) is 4.90 Å². The predicted octanol–water partition coefficient (Wildman–Crippen LogP) is 1.81. The molecule has 3 rings (SSSR count). The summed E-state index contributed by atoms with van der Waals surface area (Å²) in [6.07, 6.45) is 1.58. The fraction of sp³-hybridized carbons (Fsp3) is 0.381. The van der Waals surface area contributed by atoms with Crippen molar-refractivity contribution in [1.29, 1.82) is 0 Å². The number of carbonyl (C=O) groups excluding carboxylic acids is 2. The summed E-state index contributed by atoms with van der Waals surface area (Å²) in [6, 6.07) is 13.7. The van der Waals surface area contributed by atoms with Crippen molar-refractivity contribution in [2.75, 3.05) is 39.8 Å². The summed E-state index contributed by atoms with van der Waals surface area (Å²) in [5.74, 6) is -0.251. The van der Waals surface area contributed by atoms with E-state index in [-0.39, 0.29) is 18.4 Å². The zero-order valence-electron chi connectivity index (χ0n) is 16.0. The number of pyridine rings is 1.